The molecule has 2 aromatic heterocycles. The van der Waals surface area contributed by atoms with Crippen LogP contribution < -0.4 is 10.5 Å². The zero-order valence-corrected chi connectivity index (χ0v) is 14.9. The smallest absolute Gasteiger partial charge is 0.346 e. The van der Waals surface area contributed by atoms with Crippen LogP contribution in [0.5, 0.6) is 6.01 Å². The summed E-state index contributed by atoms with van der Waals surface area (Å²) in [6, 6.07) is -0.636. The van der Waals surface area contributed by atoms with Crippen LogP contribution in [0.1, 0.15) is 12.6 Å². The van der Waals surface area contributed by atoms with Gasteiger partial charge in [-0.25, -0.2) is 4.98 Å². The van der Waals surface area contributed by atoms with Crippen molar-refractivity contribution < 1.29 is 42.0 Å². The SMILES string of the molecule is CO[C@@H]1[C@H](O)[C@@H](CO)O[C@H]1n1cnc2c(N)nc(OC3CC(F)(F)C3(F)F)nc21. The number of aliphatic hydroxyl groups excluding tert-OH is 2. The number of imidazole rings is 1. The van der Waals surface area contributed by atoms with E-state index in [-0.39, 0.29) is 17.0 Å². The summed E-state index contributed by atoms with van der Waals surface area (Å²) in [5.74, 6) is -8.77. The van der Waals surface area contributed by atoms with Crippen molar-refractivity contribution in [2.45, 2.75) is 48.9 Å². The molecule has 1 saturated carbocycles. The number of halogens is 4. The number of ether oxygens (including phenoxy) is 3. The van der Waals surface area contributed by atoms with Gasteiger partial charge in [0.15, 0.2) is 29.3 Å². The first-order valence-corrected chi connectivity index (χ1v) is 8.50. The molecule has 0 radical (unpaired) electrons. The highest BCUT2D eigenvalue weighted by Gasteiger charge is 2.73. The number of nitrogens with two attached hydrogens (primary N) is 1. The summed E-state index contributed by atoms with van der Waals surface area (Å²) in [7, 11) is 1.32. The first-order chi connectivity index (χ1) is 13.6. The molecule has 1 saturated heterocycles. The normalized spacial score (nSPS) is 33.0. The molecule has 14 heteroatoms. The Morgan fingerprint density at radius 2 is 2.07 bits per heavy atom. The number of aliphatic hydroxyl groups is 2. The van der Waals surface area contributed by atoms with Gasteiger partial charge < -0.3 is 30.2 Å². The van der Waals surface area contributed by atoms with E-state index in [2.05, 4.69) is 15.0 Å². The molecular weight excluding hydrogens is 406 g/mol. The summed E-state index contributed by atoms with van der Waals surface area (Å²) in [6.07, 6.45) is -6.09. The lowest BCUT2D eigenvalue weighted by Gasteiger charge is -2.42. The van der Waals surface area contributed by atoms with Crippen molar-refractivity contribution in [3.8, 4) is 6.01 Å². The largest absolute Gasteiger partial charge is 0.453 e. The van der Waals surface area contributed by atoms with Crippen LogP contribution in [0.4, 0.5) is 23.4 Å². The molecule has 160 valence electrons. The van der Waals surface area contributed by atoms with E-state index in [1.165, 1.54) is 18.0 Å². The Balaban J connectivity index is 1.68. The predicted molar refractivity (Wildman–Crippen MR) is 86.5 cm³/mol. The number of aromatic nitrogens is 4. The number of alkyl halides is 4. The average molecular weight is 423 g/mol. The first kappa shape index (κ1) is 20.0. The van der Waals surface area contributed by atoms with E-state index in [1.807, 2.05) is 0 Å². The van der Waals surface area contributed by atoms with Crippen LogP contribution in [0.25, 0.3) is 11.2 Å². The minimum Gasteiger partial charge on any atom is -0.453 e. The van der Waals surface area contributed by atoms with Crippen LogP contribution >= 0.6 is 0 Å². The van der Waals surface area contributed by atoms with Crippen LogP contribution in [0.15, 0.2) is 6.33 Å². The fourth-order valence-electron chi connectivity index (χ4n) is 3.35. The van der Waals surface area contributed by atoms with Gasteiger partial charge in [-0.05, 0) is 0 Å². The van der Waals surface area contributed by atoms with E-state index >= 15 is 0 Å². The maximum Gasteiger partial charge on any atom is 0.346 e. The Morgan fingerprint density at radius 1 is 1.34 bits per heavy atom. The molecule has 2 aliphatic rings. The average Bonchev–Trinajstić information content (AvgIpc) is 3.21. The van der Waals surface area contributed by atoms with Gasteiger partial charge in [0.1, 0.15) is 18.3 Å². The zero-order chi connectivity index (χ0) is 21.1. The van der Waals surface area contributed by atoms with E-state index in [9.17, 15) is 27.8 Å². The van der Waals surface area contributed by atoms with Gasteiger partial charge in [-0.15, -0.1) is 0 Å². The summed E-state index contributed by atoms with van der Waals surface area (Å²) < 4.78 is 70.0. The van der Waals surface area contributed by atoms with Crippen LogP contribution in [0.2, 0.25) is 0 Å². The van der Waals surface area contributed by atoms with Crippen molar-refractivity contribution in [2.24, 2.45) is 0 Å². The third-order valence-electron chi connectivity index (χ3n) is 5.05. The second-order valence-electron chi connectivity index (χ2n) is 6.79. The maximum atomic E-state index is 13.5. The maximum absolute atomic E-state index is 13.5. The highest BCUT2D eigenvalue weighted by atomic mass is 19.3. The van der Waals surface area contributed by atoms with Crippen LogP contribution in [-0.2, 0) is 9.47 Å². The van der Waals surface area contributed by atoms with E-state index in [4.69, 9.17) is 19.9 Å². The number of fused-ring (bicyclic) bond motifs is 1. The van der Waals surface area contributed by atoms with Gasteiger partial charge in [0.2, 0.25) is 0 Å². The van der Waals surface area contributed by atoms with Crippen molar-refractivity contribution in [3.05, 3.63) is 6.33 Å². The lowest BCUT2D eigenvalue weighted by Crippen LogP contribution is -2.64. The van der Waals surface area contributed by atoms with Gasteiger partial charge in [0.05, 0.1) is 19.4 Å². The summed E-state index contributed by atoms with van der Waals surface area (Å²) >= 11 is 0. The molecule has 0 bridgehead atoms. The van der Waals surface area contributed by atoms with Gasteiger partial charge in [-0.1, -0.05) is 0 Å². The highest BCUT2D eigenvalue weighted by Crippen LogP contribution is 2.52. The molecular formula is C15H17F4N5O5. The predicted octanol–water partition coefficient (Wildman–Crippen LogP) is 0.0958. The number of methoxy groups -OCH3 is 1. The first-order valence-electron chi connectivity index (χ1n) is 8.50. The fraction of sp³-hybridized carbons (Fsp3) is 0.667. The Morgan fingerprint density at radius 3 is 2.66 bits per heavy atom. The molecule has 0 aromatic carbocycles. The Hall–Kier alpha value is -2.29. The molecule has 2 fully saturated rings. The van der Waals surface area contributed by atoms with Crippen LogP contribution in [-0.4, -0.2) is 79.7 Å². The summed E-state index contributed by atoms with van der Waals surface area (Å²) in [4.78, 5) is 11.7. The molecule has 0 spiro atoms. The molecule has 29 heavy (non-hydrogen) atoms. The minimum atomic E-state index is -4.37. The van der Waals surface area contributed by atoms with Gasteiger partial charge >= 0.3 is 17.9 Å². The van der Waals surface area contributed by atoms with Gasteiger partial charge in [-0.3, -0.25) is 4.57 Å². The number of hydrogen-bond donors (Lipinski definition) is 3. The fourth-order valence-corrected chi connectivity index (χ4v) is 3.35. The topological polar surface area (TPSA) is 138 Å². The number of anilines is 1. The molecule has 1 unspecified atom stereocenters. The van der Waals surface area contributed by atoms with E-state index in [1.54, 1.807) is 0 Å². The molecule has 1 aliphatic heterocycles. The third kappa shape index (κ3) is 2.89. The van der Waals surface area contributed by atoms with Crippen LogP contribution in [0, 0.1) is 0 Å². The highest BCUT2D eigenvalue weighted by molar-refractivity contribution is 5.82. The Bertz CT molecular complexity index is 928. The summed E-state index contributed by atoms with van der Waals surface area (Å²) in [6.45, 7) is -0.486. The molecule has 5 atom stereocenters. The number of nitrogens with zero attached hydrogens (tertiary/aromatic N) is 4. The van der Waals surface area contributed by atoms with Gasteiger partial charge in [0.25, 0.3) is 0 Å². The van der Waals surface area contributed by atoms with E-state index in [0.717, 1.165) is 0 Å². The lowest BCUT2D eigenvalue weighted by atomic mass is 9.85. The van der Waals surface area contributed by atoms with E-state index < -0.39 is 61.5 Å². The Kier molecular flexibility index (Phi) is 4.56. The second kappa shape index (κ2) is 6.62. The number of rotatable bonds is 5. The van der Waals surface area contributed by atoms with Crippen molar-refractivity contribution in [1.82, 2.24) is 19.5 Å². The molecule has 10 nitrogen and oxygen atoms in total. The molecule has 0 amide bonds. The van der Waals surface area contributed by atoms with Gasteiger partial charge in [-0.2, -0.15) is 27.5 Å². The molecule has 2 aromatic rings. The third-order valence-corrected chi connectivity index (χ3v) is 5.05. The van der Waals surface area contributed by atoms with Crippen molar-refractivity contribution >= 4 is 17.0 Å². The molecule has 4 rings (SSSR count). The zero-order valence-electron chi connectivity index (χ0n) is 14.9. The molecule has 4 N–H and O–H groups in total. The van der Waals surface area contributed by atoms with E-state index in [0.29, 0.717) is 0 Å². The molecule has 1 aliphatic carbocycles. The monoisotopic (exact) mass is 423 g/mol. The standard InChI is InChI=1S/C15H17F4N5O5/c1-27-9-8(26)5(3-25)28-12(9)24-4-21-7-10(20)22-13(23-11(7)24)29-6-2-14(16,17)15(6,18)19/h4-6,8-9,12,25-26H,2-3H2,1H3,(H2,20,22,23)/t5-,6?,8-,9-,12-/m1/s1. The number of nitrogen functional groups attached to an aromatic ring is 1. The minimum absolute atomic E-state index is 0.0141. The number of hydrogen-bond acceptors (Lipinski definition) is 9. The van der Waals surface area contributed by atoms with Gasteiger partial charge in [0, 0.05) is 7.11 Å². The van der Waals surface area contributed by atoms with Crippen LogP contribution in [0.3, 0.4) is 0 Å². The summed E-state index contributed by atoms with van der Waals surface area (Å²) in [5, 5.41) is 19.5. The van der Waals surface area contributed by atoms with Crippen molar-refractivity contribution in [2.75, 3.05) is 19.5 Å². The quantitative estimate of drug-likeness (QED) is 0.572. The second-order valence-corrected chi connectivity index (χ2v) is 6.79. The lowest BCUT2D eigenvalue weighted by molar-refractivity contribution is -0.325. The molecule has 3 heterocycles. The Labute approximate surface area is 160 Å². The van der Waals surface area contributed by atoms with Crippen molar-refractivity contribution in [3.63, 3.8) is 0 Å². The van der Waals surface area contributed by atoms with Crippen molar-refractivity contribution in [1.29, 1.82) is 0 Å². The summed E-state index contributed by atoms with van der Waals surface area (Å²) in [5.41, 5.74) is 5.83.